The van der Waals surface area contributed by atoms with E-state index < -0.39 is 0 Å². The molecular formula is C11H14ClN3. The number of fused-ring (bicyclic) bond motifs is 1. The molecule has 3 nitrogen and oxygen atoms in total. The van der Waals surface area contributed by atoms with E-state index in [1.54, 1.807) is 6.20 Å². The minimum Gasteiger partial charge on any atom is -0.287 e. The summed E-state index contributed by atoms with van der Waals surface area (Å²) in [4.78, 5) is 8.69. The average Bonchev–Trinajstić information content (AvgIpc) is 2.41. The van der Waals surface area contributed by atoms with Crippen molar-refractivity contribution in [2.24, 2.45) is 0 Å². The Morgan fingerprint density at radius 3 is 2.60 bits per heavy atom. The van der Waals surface area contributed by atoms with Gasteiger partial charge in [0.2, 0.25) is 0 Å². The number of halogens is 1. The molecule has 0 radical (unpaired) electrons. The zero-order valence-corrected chi connectivity index (χ0v) is 10.1. The third-order valence-corrected chi connectivity index (χ3v) is 2.83. The predicted molar refractivity (Wildman–Crippen MR) is 61.4 cm³/mol. The summed E-state index contributed by atoms with van der Waals surface area (Å²) in [7, 11) is 0. The molecule has 0 aliphatic carbocycles. The molecule has 4 heteroatoms. The molecule has 0 N–H and O–H groups in total. The monoisotopic (exact) mass is 223 g/mol. The molecule has 0 unspecified atom stereocenters. The van der Waals surface area contributed by atoms with Crippen LogP contribution >= 0.6 is 11.6 Å². The maximum absolute atomic E-state index is 6.14. The zero-order chi connectivity index (χ0) is 11.2. The Morgan fingerprint density at radius 1 is 1.33 bits per heavy atom. The molecule has 0 fully saturated rings. The van der Waals surface area contributed by atoms with Crippen molar-refractivity contribution in [3.05, 3.63) is 28.9 Å². The highest BCUT2D eigenvalue weighted by Gasteiger charge is 2.17. The maximum Gasteiger partial charge on any atom is 0.156 e. The topological polar surface area (TPSA) is 30.2 Å². The third kappa shape index (κ3) is 1.72. The highest BCUT2D eigenvalue weighted by Crippen LogP contribution is 2.23. The molecular weight excluding hydrogens is 210 g/mol. The molecule has 0 saturated heterocycles. The lowest BCUT2D eigenvalue weighted by atomic mass is 9.93. The number of nitrogens with zero attached hydrogens (tertiary/aromatic N) is 3. The fourth-order valence-electron chi connectivity index (χ4n) is 1.43. The lowest BCUT2D eigenvalue weighted by Gasteiger charge is -2.17. The summed E-state index contributed by atoms with van der Waals surface area (Å²) in [5.74, 6) is 0. The quantitative estimate of drug-likeness (QED) is 0.687. The van der Waals surface area contributed by atoms with Gasteiger partial charge in [0.15, 0.2) is 5.65 Å². The van der Waals surface area contributed by atoms with Gasteiger partial charge in [-0.25, -0.2) is 4.98 Å². The largest absolute Gasteiger partial charge is 0.287 e. The zero-order valence-electron chi connectivity index (χ0n) is 9.37. The first-order valence-corrected chi connectivity index (χ1v) is 5.28. The Kier molecular flexibility index (Phi) is 2.23. The van der Waals surface area contributed by atoms with Crippen molar-refractivity contribution in [2.75, 3.05) is 0 Å². The van der Waals surface area contributed by atoms with E-state index in [-0.39, 0.29) is 5.41 Å². The number of aromatic nitrogens is 3. The molecule has 2 rings (SSSR count). The smallest absolute Gasteiger partial charge is 0.156 e. The van der Waals surface area contributed by atoms with Crippen molar-refractivity contribution in [2.45, 2.75) is 33.1 Å². The lowest BCUT2D eigenvalue weighted by molar-refractivity contribution is 0.564. The Bertz CT molecular complexity index is 508. The van der Waals surface area contributed by atoms with Crippen molar-refractivity contribution < 1.29 is 0 Å². The van der Waals surface area contributed by atoms with E-state index >= 15 is 0 Å². The molecule has 0 atom stereocenters. The van der Waals surface area contributed by atoms with Crippen LogP contribution in [0.3, 0.4) is 0 Å². The van der Waals surface area contributed by atoms with Crippen LogP contribution in [0.15, 0.2) is 12.4 Å². The number of imidazole rings is 1. The second-order valence-electron chi connectivity index (χ2n) is 4.74. The van der Waals surface area contributed by atoms with Crippen LogP contribution in [0.2, 0.25) is 5.15 Å². The van der Waals surface area contributed by atoms with E-state index in [1.807, 2.05) is 17.5 Å². The molecule has 0 aromatic carbocycles. The minimum absolute atomic E-state index is 0.0235. The van der Waals surface area contributed by atoms with Crippen LogP contribution in [-0.4, -0.2) is 14.4 Å². The molecule has 0 bridgehead atoms. The Morgan fingerprint density at radius 2 is 2.00 bits per heavy atom. The molecule has 0 aliphatic rings. The predicted octanol–water partition coefficient (Wildman–Crippen LogP) is 2.99. The molecule has 0 aliphatic heterocycles. The fourth-order valence-corrected chi connectivity index (χ4v) is 1.61. The summed E-state index contributed by atoms with van der Waals surface area (Å²) in [6, 6.07) is 0. The van der Waals surface area contributed by atoms with E-state index in [0.717, 1.165) is 17.0 Å². The summed E-state index contributed by atoms with van der Waals surface area (Å²) in [5.41, 5.74) is 2.67. The van der Waals surface area contributed by atoms with E-state index in [2.05, 4.69) is 30.7 Å². The highest BCUT2D eigenvalue weighted by molar-refractivity contribution is 6.30. The van der Waals surface area contributed by atoms with Crippen molar-refractivity contribution >= 4 is 17.2 Å². The van der Waals surface area contributed by atoms with Crippen LogP contribution in [0, 0.1) is 6.92 Å². The normalized spacial score (nSPS) is 12.3. The molecule has 2 aromatic rings. The van der Waals surface area contributed by atoms with Crippen LogP contribution in [0.4, 0.5) is 0 Å². The third-order valence-electron chi connectivity index (χ3n) is 2.38. The van der Waals surface area contributed by atoms with Crippen molar-refractivity contribution in [1.29, 1.82) is 0 Å². The summed E-state index contributed by atoms with van der Waals surface area (Å²) < 4.78 is 1.88. The Balaban J connectivity index is 2.70. The number of hydrogen-bond donors (Lipinski definition) is 0. The molecule has 0 amide bonds. The number of rotatable bonds is 0. The molecule has 0 saturated carbocycles. The second kappa shape index (κ2) is 3.20. The van der Waals surface area contributed by atoms with Crippen LogP contribution in [0.5, 0.6) is 0 Å². The van der Waals surface area contributed by atoms with Gasteiger partial charge in [0, 0.05) is 11.6 Å². The summed E-state index contributed by atoms with van der Waals surface area (Å²) in [6.45, 7) is 8.27. The van der Waals surface area contributed by atoms with E-state index in [1.165, 1.54) is 0 Å². The number of hydrogen-bond acceptors (Lipinski definition) is 2. The molecule has 80 valence electrons. The lowest BCUT2D eigenvalue weighted by Crippen LogP contribution is -2.14. The van der Waals surface area contributed by atoms with E-state index in [4.69, 9.17) is 11.6 Å². The molecule has 15 heavy (non-hydrogen) atoms. The van der Waals surface area contributed by atoms with Gasteiger partial charge in [-0.1, -0.05) is 32.4 Å². The van der Waals surface area contributed by atoms with Gasteiger partial charge in [0.1, 0.15) is 5.15 Å². The van der Waals surface area contributed by atoms with Crippen LogP contribution < -0.4 is 0 Å². The Hall–Kier alpha value is -1.09. The van der Waals surface area contributed by atoms with Crippen molar-refractivity contribution in [3.8, 4) is 0 Å². The SMILES string of the molecule is Cc1nc2cnc(C(C)(C)C)cn2c1Cl. The van der Waals surface area contributed by atoms with Gasteiger partial charge in [0.05, 0.1) is 17.6 Å². The second-order valence-corrected chi connectivity index (χ2v) is 5.10. The molecule has 2 heterocycles. The first kappa shape index (κ1) is 10.4. The summed E-state index contributed by atoms with van der Waals surface area (Å²) in [6.07, 6.45) is 3.72. The van der Waals surface area contributed by atoms with Gasteiger partial charge in [-0.3, -0.25) is 9.38 Å². The van der Waals surface area contributed by atoms with E-state index in [9.17, 15) is 0 Å². The number of aryl methyl sites for hydroxylation is 1. The average molecular weight is 224 g/mol. The van der Waals surface area contributed by atoms with E-state index in [0.29, 0.717) is 5.15 Å². The van der Waals surface area contributed by atoms with Crippen LogP contribution in [-0.2, 0) is 5.41 Å². The Labute approximate surface area is 94.1 Å². The first-order chi connectivity index (χ1) is 6.89. The molecule has 2 aromatic heterocycles. The van der Waals surface area contributed by atoms with Gasteiger partial charge >= 0.3 is 0 Å². The van der Waals surface area contributed by atoms with Gasteiger partial charge < -0.3 is 0 Å². The van der Waals surface area contributed by atoms with Crippen molar-refractivity contribution in [3.63, 3.8) is 0 Å². The van der Waals surface area contributed by atoms with Crippen molar-refractivity contribution in [1.82, 2.24) is 14.4 Å². The minimum atomic E-state index is 0.0235. The maximum atomic E-state index is 6.14. The van der Waals surface area contributed by atoms with Gasteiger partial charge in [0.25, 0.3) is 0 Å². The van der Waals surface area contributed by atoms with Crippen LogP contribution in [0.1, 0.15) is 32.2 Å². The van der Waals surface area contributed by atoms with Gasteiger partial charge in [-0.15, -0.1) is 0 Å². The fraction of sp³-hybridized carbons (Fsp3) is 0.455. The summed E-state index contributed by atoms with van der Waals surface area (Å²) in [5, 5.41) is 0.665. The first-order valence-electron chi connectivity index (χ1n) is 4.90. The van der Waals surface area contributed by atoms with Crippen LogP contribution in [0.25, 0.3) is 5.65 Å². The molecule has 0 spiro atoms. The summed E-state index contributed by atoms with van der Waals surface area (Å²) >= 11 is 6.14. The highest BCUT2D eigenvalue weighted by atomic mass is 35.5. The van der Waals surface area contributed by atoms with Gasteiger partial charge in [-0.05, 0) is 6.92 Å². The standard InChI is InChI=1S/C11H14ClN3/c1-7-10(12)15-6-8(11(2,3)4)13-5-9(15)14-7/h5-6H,1-4H3. The van der Waals surface area contributed by atoms with Gasteiger partial charge in [-0.2, -0.15) is 0 Å².